The van der Waals surface area contributed by atoms with Crippen LogP contribution in [0, 0.1) is 0 Å². The van der Waals surface area contributed by atoms with Crippen molar-refractivity contribution in [2.45, 2.75) is 19.4 Å². The molecule has 0 fully saturated rings. The van der Waals surface area contributed by atoms with Crippen molar-refractivity contribution in [3.05, 3.63) is 102 Å². The molecular formula is C31H33N3O4. The molecule has 0 bridgehead atoms. The van der Waals surface area contributed by atoms with E-state index in [9.17, 15) is 15.0 Å². The maximum absolute atomic E-state index is 10.7. The Bertz CT molecular complexity index is 1330. The van der Waals surface area contributed by atoms with Gasteiger partial charge in [-0.2, -0.15) is 0 Å². The monoisotopic (exact) mass is 511 g/mol. The fourth-order valence-corrected chi connectivity index (χ4v) is 4.18. The Balaban J connectivity index is 1.30. The minimum absolute atomic E-state index is 0.0434. The summed E-state index contributed by atoms with van der Waals surface area (Å²) in [4.78, 5) is 10.7. The maximum Gasteiger partial charge on any atom is 0.211 e. The number of ether oxygens (including phenoxy) is 1. The maximum atomic E-state index is 10.7. The molecule has 0 heterocycles. The summed E-state index contributed by atoms with van der Waals surface area (Å²) in [5.74, 6) is 0.818. The number of nitrogens with one attached hydrogen (secondary N) is 3. The van der Waals surface area contributed by atoms with Gasteiger partial charge in [0.25, 0.3) is 0 Å². The first-order chi connectivity index (χ1) is 18.6. The number of benzene rings is 4. The first kappa shape index (κ1) is 26.7. The van der Waals surface area contributed by atoms with Crippen LogP contribution in [-0.2, 0) is 11.2 Å². The van der Waals surface area contributed by atoms with E-state index in [2.05, 4.69) is 58.4 Å². The van der Waals surface area contributed by atoms with Gasteiger partial charge in [0.2, 0.25) is 6.41 Å². The summed E-state index contributed by atoms with van der Waals surface area (Å²) in [6.45, 7) is 3.64. The van der Waals surface area contributed by atoms with Gasteiger partial charge in [0.05, 0.1) is 18.4 Å². The van der Waals surface area contributed by atoms with Crippen molar-refractivity contribution in [3.8, 4) is 22.6 Å². The first-order valence-corrected chi connectivity index (χ1v) is 12.7. The molecule has 1 atom stereocenters. The van der Waals surface area contributed by atoms with Crippen LogP contribution in [-0.4, -0.2) is 36.3 Å². The molecule has 0 aliphatic carbocycles. The number of phenols is 1. The Morgan fingerprint density at radius 3 is 2.42 bits per heavy atom. The van der Waals surface area contributed by atoms with E-state index in [1.165, 1.54) is 11.6 Å². The van der Waals surface area contributed by atoms with E-state index in [1.807, 2.05) is 37.3 Å². The van der Waals surface area contributed by atoms with Crippen LogP contribution in [0.15, 0.2) is 91.0 Å². The van der Waals surface area contributed by atoms with Crippen LogP contribution in [0.2, 0.25) is 0 Å². The summed E-state index contributed by atoms with van der Waals surface area (Å²) in [7, 11) is 0. The third-order valence-electron chi connectivity index (χ3n) is 6.15. The minimum atomic E-state index is -0.760. The number of carbonyl (C=O) groups is 1. The first-order valence-electron chi connectivity index (χ1n) is 12.7. The van der Waals surface area contributed by atoms with Crippen LogP contribution in [0.3, 0.4) is 0 Å². The molecule has 4 aromatic rings. The fraction of sp³-hybridized carbons (Fsp3) is 0.194. The van der Waals surface area contributed by atoms with E-state index < -0.39 is 6.10 Å². The number of aliphatic hydroxyl groups is 1. The van der Waals surface area contributed by atoms with Gasteiger partial charge in [0.15, 0.2) is 0 Å². The highest BCUT2D eigenvalue weighted by Gasteiger charge is 2.11. The number of rotatable bonds is 13. The Kier molecular flexibility index (Phi) is 9.34. The van der Waals surface area contributed by atoms with Gasteiger partial charge in [-0.25, -0.2) is 0 Å². The predicted molar refractivity (Wildman–Crippen MR) is 152 cm³/mol. The summed E-state index contributed by atoms with van der Waals surface area (Å²) >= 11 is 0. The standard InChI is InChI=1S/C31H33N3O4/c1-2-38-31-15-13-26(19-27(31)23-6-4-3-5-7-23)34-25-11-8-22(9-12-25)16-17-32-20-30(37)24-10-14-29(36)28(18-24)33-21-35/h3-15,18-19,21,30,32,34,36-37H,2,16-17,20H2,1H3,(H,33,35)/t30-/m1/s1. The summed E-state index contributed by atoms with van der Waals surface area (Å²) in [6, 6.07) is 29.3. The van der Waals surface area contributed by atoms with E-state index in [0.29, 0.717) is 31.7 Å². The van der Waals surface area contributed by atoms with Gasteiger partial charge in [0.1, 0.15) is 11.5 Å². The number of hydrogen-bond donors (Lipinski definition) is 5. The topological polar surface area (TPSA) is 103 Å². The molecule has 4 rings (SSSR count). The van der Waals surface area contributed by atoms with Crippen LogP contribution in [0.4, 0.5) is 17.1 Å². The summed E-state index contributed by atoms with van der Waals surface area (Å²) in [5.41, 5.74) is 6.19. The molecule has 0 spiro atoms. The second kappa shape index (κ2) is 13.3. The molecule has 0 saturated heterocycles. The second-order valence-electron chi connectivity index (χ2n) is 8.84. The molecule has 196 valence electrons. The molecule has 0 aliphatic heterocycles. The van der Waals surface area contributed by atoms with Crippen LogP contribution in [0.25, 0.3) is 11.1 Å². The third kappa shape index (κ3) is 7.12. The highest BCUT2D eigenvalue weighted by atomic mass is 16.5. The smallest absolute Gasteiger partial charge is 0.211 e. The number of aromatic hydroxyl groups is 1. The van der Waals surface area contributed by atoms with Gasteiger partial charge in [-0.05, 0) is 79.0 Å². The molecule has 4 aromatic carbocycles. The Morgan fingerprint density at radius 1 is 0.921 bits per heavy atom. The average molecular weight is 512 g/mol. The lowest BCUT2D eigenvalue weighted by atomic mass is 10.0. The van der Waals surface area contributed by atoms with E-state index in [4.69, 9.17) is 4.74 Å². The lowest BCUT2D eigenvalue weighted by Crippen LogP contribution is -2.23. The molecule has 0 aromatic heterocycles. The van der Waals surface area contributed by atoms with E-state index in [1.54, 1.807) is 12.1 Å². The van der Waals surface area contributed by atoms with Crippen molar-refractivity contribution in [3.63, 3.8) is 0 Å². The Labute approximate surface area is 223 Å². The minimum Gasteiger partial charge on any atom is -0.506 e. The molecule has 0 aliphatic rings. The SMILES string of the molecule is CCOc1ccc(Nc2ccc(CCNC[C@@H](O)c3ccc(O)c(NC=O)c3)cc2)cc1-c1ccccc1. The summed E-state index contributed by atoms with van der Waals surface area (Å²) < 4.78 is 5.84. The Hall–Kier alpha value is -4.33. The van der Waals surface area contributed by atoms with Gasteiger partial charge in [-0.3, -0.25) is 4.79 Å². The van der Waals surface area contributed by atoms with Crippen LogP contribution >= 0.6 is 0 Å². The quantitative estimate of drug-likeness (QED) is 0.0905. The zero-order valence-corrected chi connectivity index (χ0v) is 21.4. The summed E-state index contributed by atoms with van der Waals surface area (Å²) in [5, 5.41) is 29.4. The molecule has 0 saturated carbocycles. The van der Waals surface area contributed by atoms with Crippen LogP contribution in [0.1, 0.15) is 24.2 Å². The molecule has 0 unspecified atom stereocenters. The molecule has 7 heteroatoms. The van der Waals surface area contributed by atoms with Crippen LogP contribution < -0.4 is 20.7 Å². The van der Waals surface area contributed by atoms with Crippen LogP contribution in [0.5, 0.6) is 11.5 Å². The lowest BCUT2D eigenvalue weighted by Gasteiger charge is -2.15. The Morgan fingerprint density at radius 2 is 1.68 bits per heavy atom. The van der Waals surface area contributed by atoms with Crippen molar-refractivity contribution in [2.24, 2.45) is 0 Å². The number of anilines is 3. The van der Waals surface area contributed by atoms with Gasteiger partial charge in [-0.1, -0.05) is 48.5 Å². The number of aliphatic hydroxyl groups excluding tert-OH is 1. The fourth-order valence-electron chi connectivity index (χ4n) is 4.18. The zero-order valence-electron chi connectivity index (χ0n) is 21.4. The number of phenolic OH excluding ortho intramolecular Hbond substituents is 1. The molecule has 7 nitrogen and oxygen atoms in total. The zero-order chi connectivity index (χ0) is 26.7. The highest BCUT2D eigenvalue weighted by Crippen LogP contribution is 2.34. The number of hydrogen-bond acceptors (Lipinski definition) is 6. The van der Waals surface area contributed by atoms with Gasteiger partial charge >= 0.3 is 0 Å². The van der Waals surface area contributed by atoms with Crippen molar-refractivity contribution in [2.75, 3.05) is 30.3 Å². The second-order valence-corrected chi connectivity index (χ2v) is 8.84. The van der Waals surface area contributed by atoms with E-state index in [0.717, 1.165) is 34.7 Å². The summed E-state index contributed by atoms with van der Waals surface area (Å²) in [6.07, 6.45) is 0.538. The number of amides is 1. The van der Waals surface area contributed by atoms with Crippen molar-refractivity contribution in [1.82, 2.24) is 5.32 Å². The molecular weight excluding hydrogens is 478 g/mol. The number of carbonyl (C=O) groups excluding carboxylic acids is 1. The van der Waals surface area contributed by atoms with Gasteiger partial charge in [0, 0.05) is 23.5 Å². The molecule has 1 amide bonds. The van der Waals surface area contributed by atoms with Crippen molar-refractivity contribution >= 4 is 23.5 Å². The van der Waals surface area contributed by atoms with Crippen molar-refractivity contribution in [1.29, 1.82) is 0 Å². The predicted octanol–water partition coefficient (Wildman–Crippen LogP) is 5.64. The molecule has 38 heavy (non-hydrogen) atoms. The lowest BCUT2D eigenvalue weighted by molar-refractivity contribution is -0.105. The third-order valence-corrected chi connectivity index (χ3v) is 6.15. The van der Waals surface area contributed by atoms with E-state index >= 15 is 0 Å². The molecule has 0 radical (unpaired) electrons. The largest absolute Gasteiger partial charge is 0.506 e. The average Bonchev–Trinajstić information content (AvgIpc) is 2.94. The van der Waals surface area contributed by atoms with Crippen molar-refractivity contribution < 1.29 is 19.7 Å². The van der Waals surface area contributed by atoms with E-state index in [-0.39, 0.29) is 11.4 Å². The normalized spacial score (nSPS) is 11.5. The van der Waals surface area contributed by atoms with Gasteiger partial charge < -0.3 is 30.9 Å². The van der Waals surface area contributed by atoms with Gasteiger partial charge in [-0.15, -0.1) is 0 Å². The molecule has 5 N–H and O–H groups in total. The highest BCUT2D eigenvalue weighted by molar-refractivity contribution is 5.77.